The maximum Gasteiger partial charge on any atom is 0.243 e. The average Bonchev–Trinajstić information content (AvgIpc) is 3.26. The Morgan fingerprint density at radius 3 is 2.47 bits per heavy atom. The van der Waals surface area contributed by atoms with E-state index >= 15 is 0 Å². The zero-order valence-corrected chi connectivity index (χ0v) is 17.8. The van der Waals surface area contributed by atoms with E-state index in [2.05, 4.69) is 11.4 Å². The molecule has 0 aliphatic carbocycles. The van der Waals surface area contributed by atoms with Crippen LogP contribution in [0.15, 0.2) is 54.6 Å². The predicted molar refractivity (Wildman–Crippen MR) is 121 cm³/mol. The Labute approximate surface area is 187 Å². The Kier molecular flexibility index (Phi) is 7.58. The van der Waals surface area contributed by atoms with Gasteiger partial charge in [0.05, 0.1) is 18.0 Å². The molecule has 1 fully saturated rings. The third-order valence-corrected chi connectivity index (χ3v) is 5.71. The van der Waals surface area contributed by atoms with Gasteiger partial charge in [-0.3, -0.25) is 15.0 Å². The first kappa shape index (κ1) is 23.0. The lowest BCUT2D eigenvalue weighted by molar-refractivity contribution is -0.139. The fraction of sp³-hybridized carbons (Fsp3) is 0.333. The number of benzene rings is 2. The van der Waals surface area contributed by atoms with E-state index < -0.39 is 18.0 Å². The molecule has 1 unspecified atom stereocenters. The van der Waals surface area contributed by atoms with Crippen molar-refractivity contribution in [2.24, 2.45) is 17.4 Å². The number of nitrogen functional groups attached to an aromatic ring is 1. The SMILES string of the molecule is N#CC1C[C@@H](C(=O)NCc2ccc(C(=N)N)cc2)N(C(=O)[C@H](N)CCc2ccccc2)C1. The van der Waals surface area contributed by atoms with Crippen LogP contribution in [-0.4, -0.2) is 41.2 Å². The number of carbonyl (C=O) groups excluding carboxylic acids is 2. The van der Waals surface area contributed by atoms with Gasteiger partial charge in [-0.05, 0) is 30.4 Å². The first-order valence-electron chi connectivity index (χ1n) is 10.6. The Hall–Kier alpha value is -3.70. The summed E-state index contributed by atoms with van der Waals surface area (Å²) in [6, 6.07) is 17.5. The second-order valence-electron chi connectivity index (χ2n) is 8.03. The zero-order chi connectivity index (χ0) is 23.1. The maximum absolute atomic E-state index is 13.0. The largest absolute Gasteiger partial charge is 0.384 e. The van der Waals surface area contributed by atoms with Gasteiger partial charge in [0, 0.05) is 18.7 Å². The lowest BCUT2D eigenvalue weighted by Crippen LogP contribution is -2.51. The van der Waals surface area contributed by atoms with E-state index in [1.54, 1.807) is 24.3 Å². The van der Waals surface area contributed by atoms with E-state index in [0.717, 1.165) is 11.1 Å². The molecule has 0 saturated carbocycles. The van der Waals surface area contributed by atoms with Gasteiger partial charge in [0.1, 0.15) is 11.9 Å². The minimum Gasteiger partial charge on any atom is -0.384 e. The molecule has 0 aromatic heterocycles. The first-order chi connectivity index (χ1) is 15.4. The second-order valence-corrected chi connectivity index (χ2v) is 8.03. The van der Waals surface area contributed by atoms with E-state index in [-0.39, 0.29) is 30.7 Å². The molecule has 8 nitrogen and oxygen atoms in total. The van der Waals surface area contributed by atoms with E-state index in [4.69, 9.17) is 16.9 Å². The van der Waals surface area contributed by atoms with Crippen LogP contribution < -0.4 is 16.8 Å². The average molecular weight is 433 g/mol. The molecule has 1 saturated heterocycles. The third kappa shape index (κ3) is 5.71. The van der Waals surface area contributed by atoms with Crippen molar-refractivity contribution in [1.82, 2.24) is 10.2 Å². The molecule has 0 spiro atoms. The lowest BCUT2D eigenvalue weighted by atomic mass is 10.0. The normalized spacial score (nSPS) is 18.6. The van der Waals surface area contributed by atoms with Crippen molar-refractivity contribution in [3.05, 3.63) is 71.3 Å². The molecule has 2 aromatic carbocycles. The molecule has 3 rings (SSSR count). The predicted octanol–water partition coefficient (Wildman–Crippen LogP) is 1.29. The second kappa shape index (κ2) is 10.6. The summed E-state index contributed by atoms with van der Waals surface area (Å²) in [5.41, 5.74) is 14.2. The van der Waals surface area contributed by atoms with Crippen LogP contribution in [0.2, 0.25) is 0 Å². The monoisotopic (exact) mass is 432 g/mol. The molecule has 1 heterocycles. The molecular weight excluding hydrogens is 404 g/mol. The molecule has 0 radical (unpaired) electrons. The molecule has 32 heavy (non-hydrogen) atoms. The number of nitriles is 1. The molecule has 8 heteroatoms. The third-order valence-electron chi connectivity index (χ3n) is 5.71. The summed E-state index contributed by atoms with van der Waals surface area (Å²) in [7, 11) is 0. The highest BCUT2D eigenvalue weighted by Gasteiger charge is 2.40. The minimum absolute atomic E-state index is 0.0214. The van der Waals surface area contributed by atoms with Crippen LogP contribution in [0, 0.1) is 22.7 Å². The minimum atomic E-state index is -0.734. The number of nitrogens with one attached hydrogen (secondary N) is 2. The van der Waals surface area contributed by atoms with Gasteiger partial charge < -0.3 is 21.7 Å². The van der Waals surface area contributed by atoms with Gasteiger partial charge in [-0.1, -0.05) is 54.6 Å². The van der Waals surface area contributed by atoms with Crippen molar-refractivity contribution < 1.29 is 9.59 Å². The maximum atomic E-state index is 13.0. The number of nitrogens with zero attached hydrogens (tertiary/aromatic N) is 2. The summed E-state index contributed by atoms with van der Waals surface area (Å²) < 4.78 is 0. The number of aryl methyl sites for hydroxylation is 1. The number of amidine groups is 1. The van der Waals surface area contributed by atoms with Gasteiger partial charge >= 0.3 is 0 Å². The van der Waals surface area contributed by atoms with E-state index in [0.29, 0.717) is 24.8 Å². The molecule has 2 aromatic rings. The van der Waals surface area contributed by atoms with E-state index in [9.17, 15) is 14.9 Å². The Bertz CT molecular complexity index is 999. The van der Waals surface area contributed by atoms with Crippen LogP contribution in [0.3, 0.4) is 0 Å². The molecule has 3 atom stereocenters. The molecule has 166 valence electrons. The first-order valence-corrected chi connectivity index (χ1v) is 10.6. The van der Waals surface area contributed by atoms with Crippen molar-refractivity contribution in [1.29, 1.82) is 10.7 Å². The topological polar surface area (TPSA) is 149 Å². The quantitative estimate of drug-likeness (QED) is 0.366. The van der Waals surface area contributed by atoms with Crippen molar-refractivity contribution >= 4 is 17.6 Å². The number of amides is 2. The van der Waals surface area contributed by atoms with Crippen LogP contribution >= 0.6 is 0 Å². The number of nitrogens with two attached hydrogens (primary N) is 2. The van der Waals surface area contributed by atoms with Crippen LogP contribution in [0.5, 0.6) is 0 Å². The van der Waals surface area contributed by atoms with Crippen LogP contribution in [0.25, 0.3) is 0 Å². The lowest BCUT2D eigenvalue weighted by Gasteiger charge is -2.26. The molecule has 2 amide bonds. The van der Waals surface area contributed by atoms with Crippen LogP contribution in [-0.2, 0) is 22.6 Å². The number of rotatable bonds is 8. The van der Waals surface area contributed by atoms with E-state index in [1.165, 1.54) is 4.90 Å². The number of likely N-dealkylation sites (tertiary alicyclic amines) is 1. The Balaban J connectivity index is 1.60. The van der Waals surface area contributed by atoms with Crippen molar-refractivity contribution in [3.63, 3.8) is 0 Å². The summed E-state index contributed by atoms with van der Waals surface area (Å²) in [4.78, 5) is 27.3. The van der Waals surface area contributed by atoms with E-state index in [1.807, 2.05) is 30.3 Å². The molecular formula is C24H28N6O2. The van der Waals surface area contributed by atoms with Gasteiger partial charge in [-0.2, -0.15) is 5.26 Å². The molecule has 1 aliphatic heterocycles. The van der Waals surface area contributed by atoms with Crippen molar-refractivity contribution in [2.45, 2.75) is 37.9 Å². The number of carbonyl (C=O) groups is 2. The van der Waals surface area contributed by atoms with Crippen molar-refractivity contribution in [2.75, 3.05) is 6.54 Å². The van der Waals surface area contributed by atoms with Gasteiger partial charge in [-0.15, -0.1) is 0 Å². The fourth-order valence-electron chi connectivity index (χ4n) is 3.83. The smallest absolute Gasteiger partial charge is 0.243 e. The highest BCUT2D eigenvalue weighted by molar-refractivity contribution is 5.95. The summed E-state index contributed by atoms with van der Waals surface area (Å²) >= 11 is 0. The van der Waals surface area contributed by atoms with Crippen LogP contribution in [0.4, 0.5) is 0 Å². The summed E-state index contributed by atoms with van der Waals surface area (Å²) in [6.45, 7) is 0.479. The Morgan fingerprint density at radius 1 is 1.16 bits per heavy atom. The molecule has 1 aliphatic rings. The van der Waals surface area contributed by atoms with Crippen molar-refractivity contribution in [3.8, 4) is 6.07 Å². The van der Waals surface area contributed by atoms with Gasteiger partial charge in [-0.25, -0.2) is 0 Å². The van der Waals surface area contributed by atoms with Gasteiger partial charge in [0.2, 0.25) is 11.8 Å². The molecule has 6 N–H and O–H groups in total. The zero-order valence-electron chi connectivity index (χ0n) is 17.8. The highest BCUT2D eigenvalue weighted by atomic mass is 16.2. The summed E-state index contributed by atoms with van der Waals surface area (Å²) in [5, 5.41) is 19.6. The standard InChI is InChI=1S/C24H28N6O2/c25-13-18-12-21(23(31)29-14-17-6-9-19(10-7-17)22(27)28)30(15-18)24(32)20(26)11-8-16-4-2-1-3-5-16/h1-7,9-10,18,20-21H,8,11-12,14-15,26H2,(H3,27,28)(H,29,31)/t18?,20-,21+/m1/s1. The Morgan fingerprint density at radius 2 is 1.84 bits per heavy atom. The number of hydrogen-bond acceptors (Lipinski definition) is 5. The van der Waals surface area contributed by atoms with Gasteiger partial charge in [0.15, 0.2) is 0 Å². The number of hydrogen-bond donors (Lipinski definition) is 4. The summed E-state index contributed by atoms with van der Waals surface area (Å²) in [5.74, 6) is -1.02. The van der Waals surface area contributed by atoms with Gasteiger partial charge in [0.25, 0.3) is 0 Å². The van der Waals surface area contributed by atoms with Crippen LogP contribution in [0.1, 0.15) is 29.5 Å². The molecule has 0 bridgehead atoms. The fourth-order valence-corrected chi connectivity index (χ4v) is 3.83. The summed E-state index contributed by atoms with van der Waals surface area (Å²) in [6.07, 6.45) is 1.42. The highest BCUT2D eigenvalue weighted by Crippen LogP contribution is 2.24.